The van der Waals surface area contributed by atoms with Gasteiger partial charge in [-0.25, -0.2) is 0 Å². The van der Waals surface area contributed by atoms with Crippen LogP contribution in [-0.4, -0.2) is 9.78 Å². The third-order valence-corrected chi connectivity index (χ3v) is 2.09. The molecule has 1 heterocycles. The molecule has 1 rings (SSSR count). The smallest absolute Gasteiger partial charge is 0.269 e. The number of rotatable bonds is 3. The van der Waals surface area contributed by atoms with Crippen molar-refractivity contribution in [2.75, 3.05) is 0 Å². The molecule has 3 nitrogen and oxygen atoms in total. The van der Waals surface area contributed by atoms with Gasteiger partial charge in [-0.3, -0.25) is 14.6 Å². The van der Waals surface area contributed by atoms with Crippen LogP contribution in [0.4, 0.5) is 0 Å². The van der Waals surface area contributed by atoms with Gasteiger partial charge in [0, 0.05) is 17.8 Å². The summed E-state index contributed by atoms with van der Waals surface area (Å²) in [4.78, 5) is 11.5. The van der Waals surface area contributed by atoms with Gasteiger partial charge in [0.15, 0.2) is 0 Å². The zero-order valence-corrected chi connectivity index (χ0v) is 7.98. The van der Waals surface area contributed by atoms with E-state index in [4.69, 9.17) is 0 Å². The van der Waals surface area contributed by atoms with Crippen LogP contribution in [0.1, 0.15) is 31.5 Å². The van der Waals surface area contributed by atoms with Gasteiger partial charge in [0.1, 0.15) is 0 Å². The van der Waals surface area contributed by atoms with Gasteiger partial charge in [0.25, 0.3) is 5.56 Å². The molecule has 0 radical (unpaired) electrons. The van der Waals surface area contributed by atoms with Crippen molar-refractivity contribution in [3.05, 3.63) is 21.6 Å². The number of H-pyrrole nitrogens is 1. The van der Waals surface area contributed by atoms with Crippen molar-refractivity contribution in [2.24, 2.45) is 0 Å². The van der Waals surface area contributed by atoms with E-state index in [1.807, 2.05) is 6.92 Å². The van der Waals surface area contributed by atoms with E-state index in [0.29, 0.717) is 0 Å². The Hall–Kier alpha value is -0.990. The van der Waals surface area contributed by atoms with Crippen LogP contribution in [0, 0.1) is 6.92 Å². The van der Waals surface area contributed by atoms with Crippen molar-refractivity contribution < 1.29 is 0 Å². The molecule has 0 aromatic carbocycles. The monoisotopic (exact) mass is 168 g/mol. The van der Waals surface area contributed by atoms with Gasteiger partial charge in [-0.15, -0.1) is 0 Å². The maximum atomic E-state index is 11.5. The molecule has 68 valence electrons. The lowest BCUT2D eigenvalue weighted by molar-refractivity contribution is 0.578. The summed E-state index contributed by atoms with van der Waals surface area (Å²) >= 11 is 0. The SMILES string of the molecule is CCCn1[nH]c(CC)c(C)c1=O. The number of aromatic nitrogens is 2. The fourth-order valence-corrected chi connectivity index (χ4v) is 1.35. The zero-order valence-electron chi connectivity index (χ0n) is 7.98. The first-order valence-electron chi connectivity index (χ1n) is 4.49. The van der Waals surface area contributed by atoms with E-state index in [0.717, 1.165) is 30.6 Å². The minimum atomic E-state index is 0.133. The number of nitrogens with one attached hydrogen (secondary N) is 1. The average Bonchev–Trinajstić information content (AvgIpc) is 2.33. The Morgan fingerprint density at radius 2 is 2.08 bits per heavy atom. The number of aromatic amines is 1. The predicted octanol–water partition coefficient (Wildman–Crippen LogP) is 1.46. The molecule has 0 spiro atoms. The number of hydrogen-bond donors (Lipinski definition) is 1. The first-order valence-corrected chi connectivity index (χ1v) is 4.49. The lowest BCUT2D eigenvalue weighted by atomic mass is 10.2. The second-order valence-corrected chi connectivity index (χ2v) is 3.03. The van der Waals surface area contributed by atoms with Crippen LogP contribution >= 0.6 is 0 Å². The van der Waals surface area contributed by atoms with E-state index >= 15 is 0 Å². The molecule has 0 fully saturated rings. The molecule has 1 aromatic heterocycles. The van der Waals surface area contributed by atoms with Crippen LogP contribution in [0.15, 0.2) is 4.79 Å². The Labute approximate surface area is 72.4 Å². The maximum absolute atomic E-state index is 11.5. The molecule has 12 heavy (non-hydrogen) atoms. The highest BCUT2D eigenvalue weighted by atomic mass is 16.1. The number of hydrogen-bond acceptors (Lipinski definition) is 1. The van der Waals surface area contributed by atoms with Crippen LogP contribution in [0.25, 0.3) is 0 Å². The highest BCUT2D eigenvalue weighted by Gasteiger charge is 2.06. The van der Waals surface area contributed by atoms with Gasteiger partial charge < -0.3 is 0 Å². The highest BCUT2D eigenvalue weighted by Crippen LogP contribution is 1.99. The molecule has 0 unspecified atom stereocenters. The second kappa shape index (κ2) is 3.61. The van der Waals surface area contributed by atoms with E-state index in [1.165, 1.54) is 0 Å². The topological polar surface area (TPSA) is 37.8 Å². The van der Waals surface area contributed by atoms with Crippen LogP contribution in [0.2, 0.25) is 0 Å². The largest absolute Gasteiger partial charge is 0.299 e. The predicted molar refractivity (Wildman–Crippen MR) is 49.5 cm³/mol. The standard InChI is InChI=1S/C9H16N2O/c1-4-6-11-9(12)7(3)8(5-2)10-11/h10H,4-6H2,1-3H3. The van der Waals surface area contributed by atoms with E-state index in [-0.39, 0.29) is 5.56 Å². The quantitative estimate of drug-likeness (QED) is 0.729. The van der Waals surface area contributed by atoms with E-state index in [1.54, 1.807) is 4.68 Å². The molecule has 3 heteroatoms. The summed E-state index contributed by atoms with van der Waals surface area (Å²) in [6.45, 7) is 6.78. The lowest BCUT2D eigenvalue weighted by Gasteiger charge is -1.96. The van der Waals surface area contributed by atoms with E-state index in [2.05, 4.69) is 18.9 Å². The Balaban J connectivity index is 3.07. The van der Waals surface area contributed by atoms with Crippen molar-refractivity contribution in [1.82, 2.24) is 9.78 Å². The minimum absolute atomic E-state index is 0.133. The normalized spacial score (nSPS) is 10.6. The lowest BCUT2D eigenvalue weighted by Crippen LogP contribution is -2.17. The first kappa shape index (κ1) is 9.10. The Bertz CT molecular complexity index is 309. The molecule has 0 bridgehead atoms. The molecule has 0 amide bonds. The summed E-state index contributed by atoms with van der Waals surface area (Å²) in [6.07, 6.45) is 1.89. The Morgan fingerprint density at radius 1 is 1.42 bits per heavy atom. The molecule has 1 aromatic rings. The third kappa shape index (κ3) is 1.44. The van der Waals surface area contributed by atoms with Crippen LogP contribution in [-0.2, 0) is 13.0 Å². The summed E-state index contributed by atoms with van der Waals surface area (Å²) in [6, 6.07) is 0. The highest BCUT2D eigenvalue weighted by molar-refractivity contribution is 5.14. The van der Waals surface area contributed by atoms with Crippen LogP contribution in [0.3, 0.4) is 0 Å². The van der Waals surface area contributed by atoms with Gasteiger partial charge in [-0.1, -0.05) is 13.8 Å². The molecule has 0 atom stereocenters. The molecule has 1 N–H and O–H groups in total. The molecular weight excluding hydrogens is 152 g/mol. The second-order valence-electron chi connectivity index (χ2n) is 3.03. The van der Waals surface area contributed by atoms with Crippen molar-refractivity contribution in [3.63, 3.8) is 0 Å². The van der Waals surface area contributed by atoms with Crippen molar-refractivity contribution in [3.8, 4) is 0 Å². The molecule has 0 saturated carbocycles. The van der Waals surface area contributed by atoms with Gasteiger partial charge in [-0.05, 0) is 19.8 Å². The maximum Gasteiger partial charge on any atom is 0.269 e. The minimum Gasteiger partial charge on any atom is -0.299 e. The van der Waals surface area contributed by atoms with Gasteiger partial charge in [0.2, 0.25) is 0 Å². The van der Waals surface area contributed by atoms with Crippen molar-refractivity contribution in [2.45, 2.75) is 40.2 Å². The molecule has 0 aliphatic carbocycles. The summed E-state index contributed by atoms with van der Waals surface area (Å²) in [5, 5.41) is 3.10. The number of aryl methyl sites for hydroxylation is 2. The Kier molecular flexibility index (Phi) is 2.74. The van der Waals surface area contributed by atoms with Gasteiger partial charge in [-0.2, -0.15) is 0 Å². The summed E-state index contributed by atoms with van der Waals surface area (Å²) in [5.41, 5.74) is 2.06. The van der Waals surface area contributed by atoms with Crippen LogP contribution in [0.5, 0.6) is 0 Å². The van der Waals surface area contributed by atoms with Crippen LogP contribution < -0.4 is 5.56 Å². The fraction of sp³-hybridized carbons (Fsp3) is 0.667. The fourth-order valence-electron chi connectivity index (χ4n) is 1.35. The first-order chi connectivity index (χ1) is 5.70. The Morgan fingerprint density at radius 3 is 2.50 bits per heavy atom. The molecule has 0 saturated heterocycles. The van der Waals surface area contributed by atoms with Gasteiger partial charge in [0.05, 0.1) is 0 Å². The third-order valence-electron chi connectivity index (χ3n) is 2.09. The van der Waals surface area contributed by atoms with Gasteiger partial charge >= 0.3 is 0 Å². The molecule has 0 aliphatic rings. The summed E-state index contributed by atoms with van der Waals surface area (Å²) in [5.74, 6) is 0. The molecule has 0 aliphatic heterocycles. The van der Waals surface area contributed by atoms with E-state index in [9.17, 15) is 4.79 Å². The summed E-state index contributed by atoms with van der Waals surface area (Å²) in [7, 11) is 0. The summed E-state index contributed by atoms with van der Waals surface area (Å²) < 4.78 is 1.69. The zero-order chi connectivity index (χ0) is 9.14. The van der Waals surface area contributed by atoms with E-state index < -0.39 is 0 Å². The van der Waals surface area contributed by atoms with Crippen molar-refractivity contribution in [1.29, 1.82) is 0 Å². The molecular formula is C9H16N2O. The van der Waals surface area contributed by atoms with Crippen molar-refractivity contribution >= 4 is 0 Å². The number of nitrogens with zero attached hydrogens (tertiary/aromatic N) is 1. The average molecular weight is 168 g/mol.